The largest absolute Gasteiger partial charge is 0.479 e. The molecule has 1 aliphatic rings. The van der Waals surface area contributed by atoms with Crippen molar-refractivity contribution in [3.8, 4) is 5.75 Å². The summed E-state index contributed by atoms with van der Waals surface area (Å²) in [4.78, 5) is 11.7. The van der Waals surface area contributed by atoms with Crippen LogP contribution in [0, 0.1) is 0 Å². The first-order chi connectivity index (χ1) is 10.1. The molecule has 1 aromatic rings. The van der Waals surface area contributed by atoms with Crippen molar-refractivity contribution in [2.45, 2.75) is 38.5 Å². The average molecular weight is 309 g/mol. The molecule has 114 valence electrons. The van der Waals surface area contributed by atoms with Crippen LogP contribution in [-0.4, -0.2) is 24.6 Å². The SMILES string of the molecule is C=CCNC(=O)C(C)Oc1ccc(CNC2CC2)cc1Cl. The average Bonchev–Trinajstić information content (AvgIpc) is 3.29. The summed E-state index contributed by atoms with van der Waals surface area (Å²) in [5.41, 5.74) is 1.11. The van der Waals surface area contributed by atoms with Crippen molar-refractivity contribution in [1.29, 1.82) is 0 Å². The minimum absolute atomic E-state index is 0.189. The maximum Gasteiger partial charge on any atom is 0.261 e. The lowest BCUT2D eigenvalue weighted by atomic mass is 10.2. The molecule has 1 aliphatic carbocycles. The summed E-state index contributed by atoms with van der Waals surface area (Å²) >= 11 is 6.21. The summed E-state index contributed by atoms with van der Waals surface area (Å²) < 4.78 is 5.60. The lowest BCUT2D eigenvalue weighted by Crippen LogP contribution is -2.36. The Morgan fingerprint density at radius 1 is 1.57 bits per heavy atom. The lowest BCUT2D eigenvalue weighted by molar-refractivity contribution is -0.127. The van der Waals surface area contributed by atoms with Crippen LogP contribution >= 0.6 is 11.6 Å². The second-order valence-corrected chi connectivity index (χ2v) is 5.62. The van der Waals surface area contributed by atoms with Gasteiger partial charge in [-0.3, -0.25) is 4.79 Å². The van der Waals surface area contributed by atoms with Gasteiger partial charge in [-0.1, -0.05) is 23.7 Å². The van der Waals surface area contributed by atoms with Gasteiger partial charge >= 0.3 is 0 Å². The Labute approximate surface area is 130 Å². The molecule has 5 heteroatoms. The van der Waals surface area contributed by atoms with Crippen molar-refractivity contribution in [3.05, 3.63) is 41.4 Å². The van der Waals surface area contributed by atoms with Crippen LogP contribution < -0.4 is 15.4 Å². The van der Waals surface area contributed by atoms with Gasteiger partial charge in [0.1, 0.15) is 5.75 Å². The topological polar surface area (TPSA) is 50.4 Å². The van der Waals surface area contributed by atoms with E-state index < -0.39 is 6.10 Å². The van der Waals surface area contributed by atoms with Crippen LogP contribution in [0.1, 0.15) is 25.3 Å². The summed E-state index contributed by atoms with van der Waals surface area (Å²) in [5.74, 6) is 0.332. The Balaban J connectivity index is 1.89. The molecule has 0 aromatic heterocycles. The zero-order valence-corrected chi connectivity index (χ0v) is 13.0. The van der Waals surface area contributed by atoms with E-state index in [2.05, 4.69) is 17.2 Å². The summed E-state index contributed by atoms with van der Waals surface area (Å²) in [5, 5.41) is 6.64. The minimum Gasteiger partial charge on any atom is -0.479 e. The van der Waals surface area contributed by atoms with Crippen molar-refractivity contribution in [1.82, 2.24) is 10.6 Å². The van der Waals surface area contributed by atoms with E-state index >= 15 is 0 Å². The van der Waals surface area contributed by atoms with E-state index in [1.807, 2.05) is 18.2 Å². The highest BCUT2D eigenvalue weighted by molar-refractivity contribution is 6.32. The summed E-state index contributed by atoms with van der Waals surface area (Å²) in [6, 6.07) is 6.31. The van der Waals surface area contributed by atoms with Crippen LogP contribution in [0.2, 0.25) is 5.02 Å². The molecule has 0 spiro atoms. The van der Waals surface area contributed by atoms with E-state index in [0.29, 0.717) is 23.4 Å². The van der Waals surface area contributed by atoms with E-state index in [1.54, 1.807) is 13.0 Å². The summed E-state index contributed by atoms with van der Waals surface area (Å²) in [6.45, 7) is 6.47. The van der Waals surface area contributed by atoms with Gasteiger partial charge in [-0.15, -0.1) is 6.58 Å². The Hall–Kier alpha value is -1.52. The molecular formula is C16H21ClN2O2. The normalized spacial score (nSPS) is 15.3. The molecule has 0 heterocycles. The highest BCUT2D eigenvalue weighted by Crippen LogP contribution is 2.27. The lowest BCUT2D eigenvalue weighted by Gasteiger charge is -2.15. The number of carbonyl (C=O) groups excluding carboxylic acids is 1. The van der Waals surface area contributed by atoms with E-state index in [0.717, 1.165) is 12.1 Å². The first-order valence-corrected chi connectivity index (χ1v) is 7.55. The van der Waals surface area contributed by atoms with Crippen molar-refractivity contribution in [2.75, 3.05) is 6.54 Å². The fourth-order valence-corrected chi connectivity index (χ4v) is 2.11. The number of amides is 1. The number of ether oxygens (including phenoxy) is 1. The van der Waals surface area contributed by atoms with Gasteiger partial charge in [-0.05, 0) is 37.5 Å². The van der Waals surface area contributed by atoms with Crippen molar-refractivity contribution in [3.63, 3.8) is 0 Å². The monoisotopic (exact) mass is 308 g/mol. The molecule has 2 N–H and O–H groups in total. The highest BCUT2D eigenvalue weighted by Gasteiger charge is 2.20. The third-order valence-electron chi connectivity index (χ3n) is 3.26. The van der Waals surface area contributed by atoms with Gasteiger partial charge in [0.05, 0.1) is 5.02 Å². The van der Waals surface area contributed by atoms with Crippen LogP contribution in [0.25, 0.3) is 0 Å². The number of nitrogens with one attached hydrogen (secondary N) is 2. The number of hydrogen-bond donors (Lipinski definition) is 2. The Morgan fingerprint density at radius 3 is 2.95 bits per heavy atom. The molecule has 1 fully saturated rings. The summed E-state index contributed by atoms with van der Waals surface area (Å²) in [7, 11) is 0. The first kappa shape index (κ1) is 15.9. The molecule has 1 aromatic carbocycles. The van der Waals surface area contributed by atoms with E-state index in [4.69, 9.17) is 16.3 Å². The smallest absolute Gasteiger partial charge is 0.261 e. The van der Waals surface area contributed by atoms with Gasteiger partial charge in [0.25, 0.3) is 5.91 Å². The Bertz CT molecular complexity index is 515. The Morgan fingerprint density at radius 2 is 2.33 bits per heavy atom. The van der Waals surface area contributed by atoms with Gasteiger partial charge in [-0.25, -0.2) is 0 Å². The van der Waals surface area contributed by atoms with E-state index in [-0.39, 0.29) is 5.91 Å². The Kier molecular flexibility index (Phi) is 5.65. The fourth-order valence-electron chi connectivity index (χ4n) is 1.86. The molecule has 0 bridgehead atoms. The van der Waals surface area contributed by atoms with Crippen LogP contribution in [0.5, 0.6) is 5.75 Å². The molecule has 0 saturated heterocycles. The fraction of sp³-hybridized carbons (Fsp3) is 0.438. The first-order valence-electron chi connectivity index (χ1n) is 7.17. The molecule has 2 rings (SSSR count). The minimum atomic E-state index is -0.599. The van der Waals surface area contributed by atoms with Crippen molar-refractivity contribution >= 4 is 17.5 Å². The highest BCUT2D eigenvalue weighted by atomic mass is 35.5. The molecule has 1 saturated carbocycles. The molecule has 21 heavy (non-hydrogen) atoms. The molecular weight excluding hydrogens is 288 g/mol. The van der Waals surface area contributed by atoms with Gasteiger partial charge in [-0.2, -0.15) is 0 Å². The maximum atomic E-state index is 11.7. The third-order valence-corrected chi connectivity index (χ3v) is 3.56. The van der Waals surface area contributed by atoms with Gasteiger partial charge in [0.2, 0.25) is 0 Å². The van der Waals surface area contributed by atoms with Crippen molar-refractivity contribution in [2.24, 2.45) is 0 Å². The predicted octanol–water partition coefficient (Wildman–Crippen LogP) is 2.66. The van der Waals surface area contributed by atoms with Crippen molar-refractivity contribution < 1.29 is 9.53 Å². The van der Waals surface area contributed by atoms with Crippen LogP contribution in [0.3, 0.4) is 0 Å². The molecule has 4 nitrogen and oxygen atoms in total. The molecule has 1 amide bonds. The van der Waals surface area contributed by atoms with E-state index in [9.17, 15) is 4.79 Å². The van der Waals surface area contributed by atoms with Gasteiger partial charge in [0, 0.05) is 19.1 Å². The molecule has 1 atom stereocenters. The standard InChI is InChI=1S/C16H21ClN2O2/c1-3-8-18-16(20)11(2)21-15-7-4-12(9-14(15)17)10-19-13-5-6-13/h3-4,7,9,11,13,19H,1,5-6,8,10H2,2H3,(H,18,20). The van der Waals surface area contributed by atoms with Gasteiger partial charge in [0.15, 0.2) is 6.10 Å². The second-order valence-electron chi connectivity index (χ2n) is 5.21. The van der Waals surface area contributed by atoms with Crippen LogP contribution in [-0.2, 0) is 11.3 Å². The molecule has 0 radical (unpaired) electrons. The zero-order valence-electron chi connectivity index (χ0n) is 12.2. The quantitative estimate of drug-likeness (QED) is 0.726. The second kappa shape index (κ2) is 7.48. The third kappa shape index (κ3) is 5.06. The number of halogens is 1. The van der Waals surface area contributed by atoms with Gasteiger partial charge < -0.3 is 15.4 Å². The zero-order chi connectivity index (χ0) is 15.2. The maximum absolute atomic E-state index is 11.7. The molecule has 0 aliphatic heterocycles. The number of carbonyl (C=O) groups is 1. The summed E-state index contributed by atoms with van der Waals surface area (Å²) in [6.07, 6.45) is 3.54. The number of hydrogen-bond acceptors (Lipinski definition) is 3. The predicted molar refractivity (Wildman–Crippen MR) is 84.6 cm³/mol. The van der Waals surface area contributed by atoms with Crippen LogP contribution in [0.4, 0.5) is 0 Å². The van der Waals surface area contributed by atoms with E-state index in [1.165, 1.54) is 12.8 Å². The molecule has 1 unspecified atom stereocenters. The van der Waals surface area contributed by atoms with Crippen LogP contribution in [0.15, 0.2) is 30.9 Å². The number of benzene rings is 1. The number of rotatable bonds is 8.